The standard InChI is InChI=1S/C7H4F2N2/c8-6-4(3-10)1-2-5(11)7(6)9/h1-2H,11H2. The summed E-state index contributed by atoms with van der Waals surface area (Å²) in [6.07, 6.45) is 0. The highest BCUT2D eigenvalue weighted by Gasteiger charge is 2.09. The van der Waals surface area contributed by atoms with E-state index in [9.17, 15) is 8.78 Å². The number of nitriles is 1. The van der Waals surface area contributed by atoms with Crippen LogP contribution in [0, 0.1) is 23.0 Å². The molecule has 11 heavy (non-hydrogen) atoms. The van der Waals surface area contributed by atoms with Crippen molar-refractivity contribution in [3.05, 3.63) is 29.3 Å². The van der Waals surface area contributed by atoms with Crippen molar-refractivity contribution in [3.63, 3.8) is 0 Å². The molecule has 2 N–H and O–H groups in total. The van der Waals surface area contributed by atoms with Gasteiger partial charge in [0.2, 0.25) is 0 Å². The quantitative estimate of drug-likeness (QED) is 0.574. The van der Waals surface area contributed by atoms with Gasteiger partial charge in [-0.1, -0.05) is 0 Å². The predicted molar refractivity (Wildman–Crippen MR) is 35.5 cm³/mol. The molecule has 0 radical (unpaired) electrons. The normalized spacial score (nSPS) is 9.18. The SMILES string of the molecule is N#Cc1ccc(N)c(F)c1F. The van der Waals surface area contributed by atoms with E-state index in [0.29, 0.717) is 0 Å². The molecule has 0 saturated heterocycles. The fraction of sp³-hybridized carbons (Fsp3) is 0. The number of anilines is 1. The maximum atomic E-state index is 12.6. The lowest BCUT2D eigenvalue weighted by molar-refractivity contribution is 0.510. The van der Waals surface area contributed by atoms with Crippen LogP contribution < -0.4 is 5.73 Å². The minimum absolute atomic E-state index is 0.290. The van der Waals surface area contributed by atoms with Crippen molar-refractivity contribution in [1.82, 2.24) is 0 Å². The van der Waals surface area contributed by atoms with Gasteiger partial charge in [0.25, 0.3) is 0 Å². The number of nitrogen functional groups attached to an aromatic ring is 1. The number of halogens is 2. The molecule has 0 saturated carbocycles. The molecule has 2 nitrogen and oxygen atoms in total. The molecular weight excluding hydrogens is 150 g/mol. The van der Waals surface area contributed by atoms with Crippen LogP contribution in [0.3, 0.4) is 0 Å². The molecule has 0 aromatic heterocycles. The van der Waals surface area contributed by atoms with Crippen LogP contribution in [-0.2, 0) is 0 Å². The summed E-state index contributed by atoms with van der Waals surface area (Å²) in [6, 6.07) is 3.78. The Morgan fingerprint density at radius 1 is 1.27 bits per heavy atom. The first-order valence-corrected chi connectivity index (χ1v) is 2.80. The monoisotopic (exact) mass is 154 g/mol. The van der Waals surface area contributed by atoms with Gasteiger partial charge in [0.15, 0.2) is 11.6 Å². The topological polar surface area (TPSA) is 49.8 Å². The van der Waals surface area contributed by atoms with Crippen molar-refractivity contribution in [3.8, 4) is 6.07 Å². The Morgan fingerprint density at radius 2 is 1.91 bits per heavy atom. The van der Waals surface area contributed by atoms with E-state index in [1.54, 1.807) is 0 Å². The average Bonchev–Trinajstić information content (AvgIpc) is 2.01. The van der Waals surface area contributed by atoms with E-state index in [4.69, 9.17) is 11.0 Å². The molecule has 0 unspecified atom stereocenters. The second kappa shape index (κ2) is 2.54. The van der Waals surface area contributed by atoms with Gasteiger partial charge in [0.1, 0.15) is 6.07 Å². The van der Waals surface area contributed by atoms with Crippen LogP contribution in [0.25, 0.3) is 0 Å². The van der Waals surface area contributed by atoms with Gasteiger partial charge in [-0.2, -0.15) is 5.26 Å². The number of nitrogens with zero attached hydrogens (tertiary/aromatic N) is 1. The largest absolute Gasteiger partial charge is 0.396 e. The second-order valence-electron chi connectivity index (χ2n) is 1.94. The number of hydrogen-bond donors (Lipinski definition) is 1. The molecule has 0 spiro atoms. The molecule has 1 rings (SSSR count). The third-order valence-corrected chi connectivity index (χ3v) is 1.23. The summed E-state index contributed by atoms with van der Waals surface area (Å²) >= 11 is 0. The highest BCUT2D eigenvalue weighted by atomic mass is 19.2. The maximum Gasteiger partial charge on any atom is 0.183 e. The summed E-state index contributed by atoms with van der Waals surface area (Å²) in [5, 5.41) is 8.24. The lowest BCUT2D eigenvalue weighted by Crippen LogP contribution is -1.96. The van der Waals surface area contributed by atoms with Gasteiger partial charge in [-0.25, -0.2) is 8.78 Å². The summed E-state index contributed by atoms with van der Waals surface area (Å²) in [7, 11) is 0. The van der Waals surface area contributed by atoms with E-state index in [1.165, 1.54) is 6.07 Å². The Bertz CT molecular complexity index is 328. The zero-order chi connectivity index (χ0) is 8.43. The van der Waals surface area contributed by atoms with Crippen LogP contribution in [0.15, 0.2) is 12.1 Å². The van der Waals surface area contributed by atoms with Gasteiger partial charge in [-0.15, -0.1) is 0 Å². The zero-order valence-corrected chi connectivity index (χ0v) is 5.44. The van der Waals surface area contributed by atoms with E-state index >= 15 is 0 Å². The maximum absolute atomic E-state index is 12.6. The number of nitrogens with two attached hydrogens (primary N) is 1. The molecule has 56 valence electrons. The summed E-state index contributed by atoms with van der Waals surface area (Å²) in [6.45, 7) is 0. The minimum Gasteiger partial charge on any atom is -0.396 e. The number of benzene rings is 1. The highest BCUT2D eigenvalue weighted by molar-refractivity contribution is 5.45. The van der Waals surface area contributed by atoms with Gasteiger partial charge in [-0.3, -0.25) is 0 Å². The zero-order valence-electron chi connectivity index (χ0n) is 5.44. The molecule has 4 heteroatoms. The first kappa shape index (κ1) is 7.48. The third kappa shape index (κ3) is 1.13. The van der Waals surface area contributed by atoms with Gasteiger partial charge < -0.3 is 5.73 Å². The number of rotatable bonds is 0. The minimum atomic E-state index is -1.19. The molecule has 1 aromatic rings. The van der Waals surface area contributed by atoms with Crippen molar-refractivity contribution in [2.45, 2.75) is 0 Å². The Morgan fingerprint density at radius 3 is 2.45 bits per heavy atom. The fourth-order valence-electron chi connectivity index (χ4n) is 0.651. The van der Waals surface area contributed by atoms with Crippen LogP contribution in [0.4, 0.5) is 14.5 Å². The van der Waals surface area contributed by atoms with Gasteiger partial charge in [0.05, 0.1) is 11.3 Å². The van der Waals surface area contributed by atoms with Crippen LogP contribution in [0.5, 0.6) is 0 Å². The highest BCUT2D eigenvalue weighted by Crippen LogP contribution is 2.16. The van der Waals surface area contributed by atoms with Gasteiger partial charge in [0, 0.05) is 0 Å². The molecule has 0 amide bonds. The van der Waals surface area contributed by atoms with Crippen LogP contribution in [0.2, 0.25) is 0 Å². The molecular formula is C7H4F2N2. The molecule has 0 heterocycles. The molecule has 0 aliphatic heterocycles. The van der Waals surface area contributed by atoms with E-state index in [-0.39, 0.29) is 11.3 Å². The lowest BCUT2D eigenvalue weighted by atomic mass is 10.2. The Hall–Kier alpha value is -1.63. The summed E-state index contributed by atoms with van der Waals surface area (Å²) in [4.78, 5) is 0. The smallest absolute Gasteiger partial charge is 0.183 e. The molecule has 0 aliphatic carbocycles. The van der Waals surface area contributed by atoms with Crippen molar-refractivity contribution in [1.29, 1.82) is 5.26 Å². The Labute approximate surface area is 61.9 Å². The molecule has 1 aromatic carbocycles. The molecule has 0 atom stereocenters. The fourth-order valence-corrected chi connectivity index (χ4v) is 0.651. The third-order valence-electron chi connectivity index (χ3n) is 1.23. The van der Waals surface area contributed by atoms with Crippen LogP contribution in [0.1, 0.15) is 5.56 Å². The molecule has 0 bridgehead atoms. The first-order valence-electron chi connectivity index (χ1n) is 2.80. The van der Waals surface area contributed by atoms with Crippen molar-refractivity contribution in [2.75, 3.05) is 5.73 Å². The van der Waals surface area contributed by atoms with Crippen molar-refractivity contribution in [2.24, 2.45) is 0 Å². The van der Waals surface area contributed by atoms with E-state index in [0.717, 1.165) is 12.1 Å². The summed E-state index contributed by atoms with van der Waals surface area (Å²) < 4.78 is 25.1. The summed E-state index contributed by atoms with van der Waals surface area (Å²) in [5.74, 6) is -2.35. The van der Waals surface area contributed by atoms with Crippen LogP contribution in [-0.4, -0.2) is 0 Å². The predicted octanol–water partition coefficient (Wildman–Crippen LogP) is 1.42. The van der Waals surface area contributed by atoms with Crippen LogP contribution >= 0.6 is 0 Å². The number of hydrogen-bond acceptors (Lipinski definition) is 2. The van der Waals surface area contributed by atoms with E-state index in [2.05, 4.69) is 0 Å². The lowest BCUT2D eigenvalue weighted by Gasteiger charge is -1.97. The first-order chi connectivity index (χ1) is 5.16. The van der Waals surface area contributed by atoms with E-state index < -0.39 is 11.6 Å². The second-order valence-corrected chi connectivity index (χ2v) is 1.94. The Kier molecular flexibility index (Phi) is 1.73. The van der Waals surface area contributed by atoms with Crippen molar-refractivity contribution >= 4 is 5.69 Å². The summed E-state index contributed by atoms with van der Waals surface area (Å²) in [5.41, 5.74) is 4.39. The molecule has 0 aliphatic rings. The van der Waals surface area contributed by atoms with Gasteiger partial charge >= 0.3 is 0 Å². The van der Waals surface area contributed by atoms with Crippen molar-refractivity contribution < 1.29 is 8.78 Å². The average molecular weight is 154 g/mol. The van der Waals surface area contributed by atoms with E-state index in [1.807, 2.05) is 0 Å². The molecule has 0 fully saturated rings. The van der Waals surface area contributed by atoms with Gasteiger partial charge in [-0.05, 0) is 12.1 Å². The Balaban J connectivity index is 3.40.